The number of piperazine rings is 1. The summed E-state index contributed by atoms with van der Waals surface area (Å²) >= 11 is 0. The van der Waals surface area contributed by atoms with E-state index in [-0.39, 0.29) is 11.7 Å². The molecule has 0 radical (unpaired) electrons. The largest absolute Gasteiger partial charge is 0.366 e. The van der Waals surface area contributed by atoms with Crippen molar-refractivity contribution < 1.29 is 9.18 Å². The normalized spacial score (nSPS) is 14.7. The molecule has 0 spiro atoms. The molecule has 1 aromatic heterocycles. The van der Waals surface area contributed by atoms with Crippen LogP contribution in [0.15, 0.2) is 54.7 Å². The van der Waals surface area contributed by atoms with Gasteiger partial charge in [-0.25, -0.2) is 4.39 Å². The van der Waals surface area contributed by atoms with Crippen LogP contribution in [0.4, 0.5) is 10.1 Å². The Bertz CT molecular complexity index is 957. The van der Waals surface area contributed by atoms with E-state index in [1.54, 1.807) is 12.1 Å². The molecule has 0 atom stereocenters. The number of amides is 1. The average molecular weight is 365 g/mol. The van der Waals surface area contributed by atoms with E-state index in [9.17, 15) is 9.18 Å². The highest BCUT2D eigenvalue weighted by molar-refractivity contribution is 5.84. The van der Waals surface area contributed by atoms with Gasteiger partial charge in [-0.1, -0.05) is 24.3 Å². The number of halogens is 1. The van der Waals surface area contributed by atoms with Gasteiger partial charge in [-0.05, 0) is 36.2 Å². The first-order valence-electron chi connectivity index (χ1n) is 9.43. The predicted octanol–water partition coefficient (Wildman–Crippen LogP) is 3.60. The first-order valence-corrected chi connectivity index (χ1v) is 9.43. The zero-order valence-corrected chi connectivity index (χ0v) is 15.6. The molecule has 3 aromatic rings. The molecule has 0 saturated carbocycles. The average Bonchev–Trinajstić information content (AvgIpc) is 3.08. The molecule has 2 aromatic carbocycles. The van der Waals surface area contributed by atoms with Gasteiger partial charge in [-0.15, -0.1) is 0 Å². The van der Waals surface area contributed by atoms with Gasteiger partial charge in [0.15, 0.2) is 0 Å². The van der Waals surface area contributed by atoms with Crippen LogP contribution in [0.5, 0.6) is 0 Å². The van der Waals surface area contributed by atoms with E-state index in [0.29, 0.717) is 38.3 Å². The van der Waals surface area contributed by atoms with Crippen LogP contribution in [0, 0.1) is 5.82 Å². The first kappa shape index (κ1) is 17.6. The monoisotopic (exact) mass is 365 g/mol. The molecule has 4 nitrogen and oxygen atoms in total. The molecular formula is C22H24FN3O. The zero-order chi connectivity index (χ0) is 18.8. The lowest BCUT2D eigenvalue weighted by atomic mass is 10.0. The van der Waals surface area contributed by atoms with Crippen molar-refractivity contribution in [1.82, 2.24) is 9.47 Å². The summed E-state index contributed by atoms with van der Waals surface area (Å²) in [6.45, 7) is 2.62. The standard InChI is InChI=1S/C22H24FN3O/c1-24-12-11-18-17(5-4-8-20(18)24)9-10-22(27)26-15-13-25(14-16-26)21-7-3-2-6-19(21)23/h2-8,11-12H,9-10,13-16H2,1H3. The Kier molecular flexibility index (Phi) is 4.84. The first-order chi connectivity index (χ1) is 13.1. The predicted molar refractivity (Wildman–Crippen MR) is 106 cm³/mol. The Morgan fingerprint density at radius 1 is 1.00 bits per heavy atom. The molecule has 0 N–H and O–H groups in total. The molecule has 1 aliphatic heterocycles. The van der Waals surface area contributed by atoms with Gasteiger partial charge in [0.25, 0.3) is 0 Å². The van der Waals surface area contributed by atoms with Crippen LogP contribution in [0.2, 0.25) is 0 Å². The number of carbonyl (C=O) groups excluding carboxylic acids is 1. The quantitative estimate of drug-likeness (QED) is 0.707. The Morgan fingerprint density at radius 3 is 2.56 bits per heavy atom. The van der Waals surface area contributed by atoms with Crippen molar-refractivity contribution in [3.63, 3.8) is 0 Å². The number of para-hydroxylation sites is 1. The van der Waals surface area contributed by atoms with Crippen molar-refractivity contribution >= 4 is 22.5 Å². The third kappa shape index (κ3) is 3.54. The molecule has 0 unspecified atom stereocenters. The third-order valence-corrected chi connectivity index (χ3v) is 5.45. The number of fused-ring (bicyclic) bond motifs is 1. The Hall–Kier alpha value is -2.82. The molecule has 0 aliphatic carbocycles. The van der Waals surface area contributed by atoms with Gasteiger partial charge in [0.2, 0.25) is 5.91 Å². The second-order valence-corrected chi connectivity index (χ2v) is 7.10. The summed E-state index contributed by atoms with van der Waals surface area (Å²) in [5, 5.41) is 1.22. The second kappa shape index (κ2) is 7.43. The minimum atomic E-state index is -0.201. The van der Waals surface area contributed by atoms with Crippen molar-refractivity contribution in [1.29, 1.82) is 0 Å². The Morgan fingerprint density at radius 2 is 1.78 bits per heavy atom. The number of nitrogens with zero attached hydrogens (tertiary/aromatic N) is 3. The van der Waals surface area contributed by atoms with Crippen LogP contribution in [-0.4, -0.2) is 41.6 Å². The maximum absolute atomic E-state index is 13.9. The lowest BCUT2D eigenvalue weighted by molar-refractivity contribution is -0.131. The third-order valence-electron chi connectivity index (χ3n) is 5.45. The van der Waals surface area contributed by atoms with Crippen LogP contribution in [-0.2, 0) is 18.3 Å². The van der Waals surface area contributed by atoms with Crippen LogP contribution < -0.4 is 4.90 Å². The number of anilines is 1. The van der Waals surface area contributed by atoms with Gasteiger partial charge >= 0.3 is 0 Å². The number of aromatic nitrogens is 1. The number of rotatable bonds is 4. The molecule has 27 heavy (non-hydrogen) atoms. The molecule has 0 bridgehead atoms. The smallest absolute Gasteiger partial charge is 0.223 e. The fraction of sp³-hybridized carbons (Fsp3) is 0.318. The Labute approximate surface area is 158 Å². The zero-order valence-electron chi connectivity index (χ0n) is 15.6. The van der Waals surface area contributed by atoms with Gasteiger partial charge < -0.3 is 14.4 Å². The highest BCUT2D eigenvalue weighted by atomic mass is 19.1. The van der Waals surface area contributed by atoms with E-state index in [0.717, 1.165) is 6.42 Å². The lowest BCUT2D eigenvalue weighted by Gasteiger charge is -2.36. The van der Waals surface area contributed by atoms with Gasteiger partial charge in [0, 0.05) is 56.7 Å². The number of carbonyl (C=O) groups is 1. The summed E-state index contributed by atoms with van der Waals surface area (Å²) < 4.78 is 16.0. The van der Waals surface area contributed by atoms with Crippen LogP contribution in [0.1, 0.15) is 12.0 Å². The maximum atomic E-state index is 13.9. The SMILES string of the molecule is Cn1ccc2c(CCC(=O)N3CCN(c4ccccc4F)CC3)cccc21. The summed E-state index contributed by atoms with van der Waals surface area (Å²) in [4.78, 5) is 16.6. The van der Waals surface area contributed by atoms with Gasteiger partial charge in [0.05, 0.1) is 5.69 Å². The van der Waals surface area contributed by atoms with Crippen molar-refractivity contribution in [2.45, 2.75) is 12.8 Å². The summed E-state index contributed by atoms with van der Waals surface area (Å²) in [5.41, 5.74) is 3.03. The summed E-state index contributed by atoms with van der Waals surface area (Å²) in [6, 6.07) is 15.2. The van der Waals surface area contributed by atoms with Crippen molar-refractivity contribution in [2.75, 3.05) is 31.1 Å². The van der Waals surface area contributed by atoms with Crippen molar-refractivity contribution in [3.05, 3.63) is 66.1 Å². The number of hydrogen-bond donors (Lipinski definition) is 0. The number of aryl methyl sites for hydroxylation is 2. The van der Waals surface area contributed by atoms with Crippen LogP contribution in [0.25, 0.3) is 10.9 Å². The summed E-state index contributed by atoms with van der Waals surface area (Å²) in [5.74, 6) is -0.0237. The van der Waals surface area contributed by atoms with E-state index >= 15 is 0 Å². The number of benzene rings is 2. The highest BCUT2D eigenvalue weighted by Crippen LogP contribution is 2.22. The van der Waals surface area contributed by atoms with E-state index in [4.69, 9.17) is 0 Å². The van der Waals surface area contributed by atoms with E-state index in [2.05, 4.69) is 35.0 Å². The van der Waals surface area contributed by atoms with Crippen LogP contribution >= 0.6 is 0 Å². The minimum absolute atomic E-state index is 0.177. The maximum Gasteiger partial charge on any atom is 0.223 e. The van der Waals surface area contributed by atoms with E-state index in [1.165, 1.54) is 22.5 Å². The Balaban J connectivity index is 1.35. The molecule has 1 saturated heterocycles. The summed E-state index contributed by atoms with van der Waals surface area (Å²) in [6.07, 6.45) is 3.30. The lowest BCUT2D eigenvalue weighted by Crippen LogP contribution is -2.49. The van der Waals surface area contributed by atoms with Crippen LogP contribution in [0.3, 0.4) is 0 Å². The molecule has 5 heteroatoms. The second-order valence-electron chi connectivity index (χ2n) is 7.10. The fourth-order valence-electron chi connectivity index (χ4n) is 3.89. The highest BCUT2D eigenvalue weighted by Gasteiger charge is 2.22. The van der Waals surface area contributed by atoms with E-state index in [1.807, 2.05) is 22.9 Å². The van der Waals surface area contributed by atoms with E-state index < -0.39 is 0 Å². The molecule has 1 aliphatic rings. The van der Waals surface area contributed by atoms with Gasteiger partial charge in [-0.3, -0.25) is 4.79 Å². The molecule has 4 rings (SSSR count). The summed E-state index contributed by atoms with van der Waals surface area (Å²) in [7, 11) is 2.03. The molecule has 140 valence electrons. The molecule has 1 fully saturated rings. The van der Waals surface area contributed by atoms with Gasteiger partial charge in [0.1, 0.15) is 5.82 Å². The fourth-order valence-corrected chi connectivity index (χ4v) is 3.89. The minimum Gasteiger partial charge on any atom is -0.366 e. The molecule has 2 heterocycles. The molecule has 1 amide bonds. The van der Waals surface area contributed by atoms with Crippen molar-refractivity contribution in [3.8, 4) is 0 Å². The van der Waals surface area contributed by atoms with Crippen molar-refractivity contribution in [2.24, 2.45) is 7.05 Å². The molecular weight excluding hydrogens is 341 g/mol. The topological polar surface area (TPSA) is 28.5 Å². The number of hydrogen-bond acceptors (Lipinski definition) is 2. The van der Waals surface area contributed by atoms with Gasteiger partial charge in [-0.2, -0.15) is 0 Å².